The lowest BCUT2D eigenvalue weighted by molar-refractivity contribution is -0.147. The lowest BCUT2D eigenvalue weighted by Gasteiger charge is -2.39. The van der Waals surface area contributed by atoms with Crippen LogP contribution in [0.2, 0.25) is 0 Å². The molecule has 1 aliphatic rings. The van der Waals surface area contributed by atoms with Crippen molar-refractivity contribution >= 4 is 5.97 Å². The van der Waals surface area contributed by atoms with Gasteiger partial charge in [0.1, 0.15) is 5.54 Å². The van der Waals surface area contributed by atoms with Crippen LogP contribution in [0.15, 0.2) is 0 Å². The molecule has 0 bridgehead atoms. The highest BCUT2D eigenvalue weighted by Gasteiger charge is 2.52. The third-order valence-electron chi connectivity index (χ3n) is 4.27. The van der Waals surface area contributed by atoms with Gasteiger partial charge in [0.2, 0.25) is 0 Å². The standard InChI is InChI=1S/C15H30N2O2/c1-6-12(5)17(7-2)10-15(14(18)19,13-8-9-13)16-11(3)4/h11-13,16H,6-10H2,1-5H3,(H,18,19). The average molecular weight is 270 g/mol. The van der Waals surface area contributed by atoms with Crippen LogP contribution in [0.1, 0.15) is 53.9 Å². The molecule has 0 aromatic carbocycles. The Kier molecular flexibility index (Phi) is 5.81. The van der Waals surface area contributed by atoms with Gasteiger partial charge in [-0.15, -0.1) is 0 Å². The second-order valence-electron chi connectivity index (χ2n) is 6.17. The molecule has 0 amide bonds. The Morgan fingerprint density at radius 1 is 1.37 bits per heavy atom. The number of nitrogens with one attached hydrogen (secondary N) is 1. The van der Waals surface area contributed by atoms with Crippen molar-refractivity contribution in [1.29, 1.82) is 0 Å². The molecule has 4 heteroatoms. The van der Waals surface area contributed by atoms with Crippen LogP contribution < -0.4 is 5.32 Å². The van der Waals surface area contributed by atoms with Crippen LogP contribution in [0.3, 0.4) is 0 Å². The molecule has 2 unspecified atom stereocenters. The first-order valence-electron chi connectivity index (χ1n) is 7.62. The molecule has 112 valence electrons. The first-order valence-corrected chi connectivity index (χ1v) is 7.62. The van der Waals surface area contributed by atoms with Gasteiger partial charge in [0.05, 0.1) is 0 Å². The summed E-state index contributed by atoms with van der Waals surface area (Å²) in [5.74, 6) is -0.407. The largest absolute Gasteiger partial charge is 0.480 e. The summed E-state index contributed by atoms with van der Waals surface area (Å²) < 4.78 is 0. The van der Waals surface area contributed by atoms with E-state index in [1.165, 1.54) is 0 Å². The lowest BCUT2D eigenvalue weighted by Crippen LogP contribution is -2.63. The van der Waals surface area contributed by atoms with Gasteiger partial charge < -0.3 is 5.11 Å². The maximum atomic E-state index is 11.9. The van der Waals surface area contributed by atoms with E-state index >= 15 is 0 Å². The van der Waals surface area contributed by atoms with E-state index in [0.717, 1.165) is 25.8 Å². The first-order chi connectivity index (χ1) is 8.87. The Bertz CT molecular complexity index is 303. The monoisotopic (exact) mass is 270 g/mol. The van der Waals surface area contributed by atoms with Crippen molar-refractivity contribution in [3.8, 4) is 0 Å². The summed E-state index contributed by atoms with van der Waals surface area (Å²) in [5, 5.41) is 13.2. The van der Waals surface area contributed by atoms with Gasteiger partial charge in [-0.3, -0.25) is 15.0 Å². The van der Waals surface area contributed by atoms with E-state index in [1.807, 2.05) is 13.8 Å². The van der Waals surface area contributed by atoms with E-state index in [1.54, 1.807) is 0 Å². The zero-order valence-electron chi connectivity index (χ0n) is 13.1. The SMILES string of the molecule is CCC(C)N(CC)CC(NC(C)C)(C(=O)O)C1CC1. The summed E-state index contributed by atoms with van der Waals surface area (Å²) in [6.45, 7) is 12.0. The fraction of sp³-hybridized carbons (Fsp3) is 0.933. The highest BCUT2D eigenvalue weighted by molar-refractivity contribution is 5.80. The van der Waals surface area contributed by atoms with E-state index in [0.29, 0.717) is 12.6 Å². The Hall–Kier alpha value is -0.610. The minimum absolute atomic E-state index is 0.187. The smallest absolute Gasteiger partial charge is 0.325 e. The first kappa shape index (κ1) is 16.4. The van der Waals surface area contributed by atoms with E-state index in [4.69, 9.17) is 0 Å². The molecule has 0 spiro atoms. The summed E-state index contributed by atoms with van der Waals surface area (Å²) in [4.78, 5) is 14.2. The minimum Gasteiger partial charge on any atom is -0.480 e. The molecule has 1 aliphatic carbocycles. The molecule has 19 heavy (non-hydrogen) atoms. The number of hydrogen-bond acceptors (Lipinski definition) is 3. The van der Waals surface area contributed by atoms with E-state index < -0.39 is 11.5 Å². The van der Waals surface area contributed by atoms with Crippen LogP contribution in [0.5, 0.6) is 0 Å². The van der Waals surface area contributed by atoms with Crippen LogP contribution >= 0.6 is 0 Å². The molecule has 1 saturated carbocycles. The Morgan fingerprint density at radius 2 is 1.95 bits per heavy atom. The molecule has 1 rings (SSSR count). The third-order valence-corrected chi connectivity index (χ3v) is 4.27. The molecule has 0 saturated heterocycles. The topological polar surface area (TPSA) is 52.6 Å². The van der Waals surface area contributed by atoms with Crippen molar-refractivity contribution < 1.29 is 9.90 Å². The maximum absolute atomic E-state index is 11.9. The van der Waals surface area contributed by atoms with Crippen LogP contribution in [-0.2, 0) is 4.79 Å². The molecule has 0 heterocycles. The molecule has 2 N–H and O–H groups in total. The van der Waals surface area contributed by atoms with Crippen molar-refractivity contribution in [2.24, 2.45) is 5.92 Å². The second kappa shape index (κ2) is 6.71. The number of nitrogens with zero attached hydrogens (tertiary/aromatic N) is 1. The summed E-state index contributed by atoms with van der Waals surface area (Å²) >= 11 is 0. The van der Waals surface area contributed by atoms with Gasteiger partial charge in [0.25, 0.3) is 0 Å². The highest BCUT2D eigenvalue weighted by Crippen LogP contribution is 2.41. The highest BCUT2D eigenvalue weighted by atomic mass is 16.4. The van der Waals surface area contributed by atoms with Crippen LogP contribution in [0.4, 0.5) is 0 Å². The lowest BCUT2D eigenvalue weighted by atomic mass is 9.90. The van der Waals surface area contributed by atoms with Gasteiger partial charge >= 0.3 is 5.97 Å². The van der Waals surface area contributed by atoms with Crippen LogP contribution in [-0.4, -0.2) is 46.7 Å². The molecule has 4 nitrogen and oxygen atoms in total. The van der Waals surface area contributed by atoms with Gasteiger partial charge in [-0.2, -0.15) is 0 Å². The average Bonchev–Trinajstić information content (AvgIpc) is 3.17. The fourth-order valence-electron chi connectivity index (χ4n) is 2.85. The normalized spacial score (nSPS) is 20.6. The van der Waals surface area contributed by atoms with Crippen molar-refractivity contribution in [1.82, 2.24) is 10.2 Å². The molecule has 0 aliphatic heterocycles. The number of carboxylic acids is 1. The minimum atomic E-state index is -0.770. The zero-order chi connectivity index (χ0) is 14.6. The third kappa shape index (κ3) is 3.93. The molecule has 0 aromatic heterocycles. The maximum Gasteiger partial charge on any atom is 0.325 e. The van der Waals surface area contributed by atoms with Crippen molar-refractivity contribution in [3.63, 3.8) is 0 Å². The molecular weight excluding hydrogens is 240 g/mol. The van der Waals surface area contributed by atoms with Gasteiger partial charge in [-0.25, -0.2) is 0 Å². The summed E-state index contributed by atoms with van der Waals surface area (Å²) in [6, 6.07) is 0.615. The van der Waals surface area contributed by atoms with E-state index in [-0.39, 0.29) is 12.0 Å². The molecule has 2 atom stereocenters. The van der Waals surface area contributed by atoms with E-state index in [2.05, 4.69) is 31.0 Å². The van der Waals surface area contributed by atoms with Gasteiger partial charge in [-0.05, 0) is 52.5 Å². The number of hydrogen-bond donors (Lipinski definition) is 2. The van der Waals surface area contributed by atoms with Gasteiger partial charge in [-0.1, -0.05) is 13.8 Å². The molecular formula is C15H30N2O2. The molecule has 1 fully saturated rings. The predicted molar refractivity (Wildman–Crippen MR) is 78.4 cm³/mol. The molecule has 0 aromatic rings. The van der Waals surface area contributed by atoms with Crippen LogP contribution in [0.25, 0.3) is 0 Å². The molecule has 0 radical (unpaired) electrons. The zero-order valence-corrected chi connectivity index (χ0v) is 13.1. The number of likely N-dealkylation sites (N-methyl/N-ethyl adjacent to an activating group) is 1. The summed E-state index contributed by atoms with van der Waals surface area (Å²) in [6.07, 6.45) is 3.12. The second-order valence-corrected chi connectivity index (χ2v) is 6.17. The van der Waals surface area contributed by atoms with Crippen molar-refractivity contribution in [2.45, 2.75) is 71.5 Å². The summed E-state index contributed by atoms with van der Waals surface area (Å²) in [7, 11) is 0. The fourth-order valence-corrected chi connectivity index (χ4v) is 2.85. The number of carboxylic acid groups (broad SMARTS) is 1. The number of carbonyl (C=O) groups is 1. The Balaban J connectivity index is 2.91. The van der Waals surface area contributed by atoms with Gasteiger partial charge in [0.15, 0.2) is 0 Å². The van der Waals surface area contributed by atoms with Gasteiger partial charge in [0, 0.05) is 18.6 Å². The van der Waals surface area contributed by atoms with Crippen molar-refractivity contribution in [2.75, 3.05) is 13.1 Å². The van der Waals surface area contributed by atoms with Crippen molar-refractivity contribution in [3.05, 3.63) is 0 Å². The Morgan fingerprint density at radius 3 is 2.26 bits per heavy atom. The quantitative estimate of drug-likeness (QED) is 0.675. The van der Waals surface area contributed by atoms with Crippen LogP contribution in [0, 0.1) is 5.92 Å². The Labute approximate surface area is 117 Å². The number of rotatable bonds is 9. The predicted octanol–water partition coefficient (Wildman–Crippen LogP) is 2.34. The summed E-state index contributed by atoms with van der Waals surface area (Å²) in [5.41, 5.74) is -0.770. The number of aliphatic carboxylic acids is 1. The van der Waals surface area contributed by atoms with E-state index in [9.17, 15) is 9.90 Å².